The van der Waals surface area contributed by atoms with Gasteiger partial charge in [-0.1, -0.05) is 30.3 Å². The molecule has 28 heavy (non-hydrogen) atoms. The number of thioether (sulfide) groups is 1. The Bertz CT molecular complexity index is 971. The van der Waals surface area contributed by atoms with Gasteiger partial charge in [0.05, 0.1) is 11.1 Å². The minimum absolute atomic E-state index is 0.0257. The van der Waals surface area contributed by atoms with Crippen LogP contribution in [0.4, 0.5) is 10.5 Å². The van der Waals surface area contributed by atoms with E-state index in [-0.39, 0.29) is 19.0 Å². The predicted octanol–water partition coefficient (Wildman–Crippen LogP) is 2.72. The van der Waals surface area contributed by atoms with Gasteiger partial charge in [0.25, 0.3) is 23.0 Å². The Morgan fingerprint density at radius 2 is 1.43 bits per heavy atom. The number of benzene rings is 2. The van der Waals surface area contributed by atoms with E-state index < -0.39 is 22.4 Å². The van der Waals surface area contributed by atoms with Crippen molar-refractivity contribution in [2.24, 2.45) is 0 Å². The lowest BCUT2D eigenvalue weighted by Crippen LogP contribution is -2.41. The van der Waals surface area contributed by atoms with E-state index in [0.717, 1.165) is 32.8 Å². The van der Waals surface area contributed by atoms with Gasteiger partial charge in [0.1, 0.15) is 0 Å². The molecule has 2 aliphatic rings. The van der Waals surface area contributed by atoms with Crippen LogP contribution < -0.4 is 5.32 Å². The van der Waals surface area contributed by atoms with Crippen LogP contribution in [-0.4, -0.2) is 51.2 Å². The van der Waals surface area contributed by atoms with E-state index in [1.807, 2.05) is 31.2 Å². The lowest BCUT2D eigenvalue weighted by molar-refractivity contribution is -0.126. The maximum absolute atomic E-state index is 12.7. The van der Waals surface area contributed by atoms with Gasteiger partial charge in [0.2, 0.25) is 0 Å². The number of carbonyl (C=O) groups is 4. The van der Waals surface area contributed by atoms with Gasteiger partial charge in [-0.15, -0.1) is 0 Å². The quantitative estimate of drug-likeness (QED) is 0.784. The van der Waals surface area contributed by atoms with Crippen molar-refractivity contribution >= 4 is 40.4 Å². The molecule has 4 rings (SSSR count). The fourth-order valence-electron chi connectivity index (χ4n) is 3.26. The number of anilines is 1. The summed E-state index contributed by atoms with van der Waals surface area (Å²) >= 11 is 0.895. The second-order valence-electron chi connectivity index (χ2n) is 6.52. The third-order valence-corrected chi connectivity index (χ3v) is 5.76. The van der Waals surface area contributed by atoms with Gasteiger partial charge in [-0.3, -0.25) is 29.0 Å². The predicted molar refractivity (Wildman–Crippen MR) is 105 cm³/mol. The molecule has 0 aromatic heterocycles. The van der Waals surface area contributed by atoms with Gasteiger partial charge >= 0.3 is 0 Å². The normalized spacial score (nSPS) is 18.8. The van der Waals surface area contributed by atoms with Crippen LogP contribution in [0.15, 0.2) is 48.5 Å². The zero-order valence-electron chi connectivity index (χ0n) is 15.0. The fraction of sp³-hybridized carbons (Fsp3) is 0.200. The summed E-state index contributed by atoms with van der Waals surface area (Å²) in [6.45, 7) is 1.86. The van der Waals surface area contributed by atoms with Crippen molar-refractivity contribution in [1.29, 1.82) is 0 Å². The Morgan fingerprint density at radius 1 is 0.857 bits per heavy atom. The van der Waals surface area contributed by atoms with Crippen LogP contribution in [0.3, 0.4) is 0 Å². The standard InChI is InChI=1S/C20H17N3O4S/c1-12-6-2-5-9-15(12)21-16-19(26)23(20(27)28-16)11-10-22-17(24)13-7-3-4-8-14(13)18(22)25/h2-9,16,21H,10-11H2,1H3/t16-/m1/s1. The first-order chi connectivity index (χ1) is 13.5. The van der Waals surface area contributed by atoms with Gasteiger partial charge < -0.3 is 5.32 Å². The summed E-state index contributed by atoms with van der Waals surface area (Å²) in [5.74, 6) is -1.18. The number of fused-ring (bicyclic) bond motifs is 1. The molecular formula is C20H17N3O4S. The molecule has 2 heterocycles. The molecule has 2 aromatic carbocycles. The summed E-state index contributed by atoms with van der Waals surface area (Å²) in [5.41, 5.74) is 2.44. The third kappa shape index (κ3) is 3.05. The van der Waals surface area contributed by atoms with Crippen molar-refractivity contribution in [3.63, 3.8) is 0 Å². The fourth-order valence-corrected chi connectivity index (χ4v) is 4.18. The maximum atomic E-state index is 12.7. The highest BCUT2D eigenvalue weighted by Gasteiger charge is 2.41. The Balaban J connectivity index is 1.43. The highest BCUT2D eigenvalue weighted by Crippen LogP contribution is 2.29. The molecule has 0 radical (unpaired) electrons. The summed E-state index contributed by atoms with van der Waals surface area (Å²) < 4.78 is 0. The van der Waals surface area contributed by atoms with Crippen LogP contribution in [0.2, 0.25) is 0 Å². The zero-order chi connectivity index (χ0) is 19.8. The largest absolute Gasteiger partial charge is 0.365 e. The molecule has 0 aliphatic carbocycles. The number of hydrogen-bond acceptors (Lipinski definition) is 6. The van der Waals surface area contributed by atoms with Gasteiger partial charge in [0, 0.05) is 18.8 Å². The molecule has 1 saturated heterocycles. The monoisotopic (exact) mass is 395 g/mol. The Hall–Kier alpha value is -3.13. The maximum Gasteiger partial charge on any atom is 0.290 e. The lowest BCUT2D eigenvalue weighted by Gasteiger charge is -2.19. The van der Waals surface area contributed by atoms with Crippen LogP contribution in [0.1, 0.15) is 26.3 Å². The molecule has 0 bridgehead atoms. The molecule has 1 N–H and O–H groups in total. The van der Waals surface area contributed by atoms with E-state index in [2.05, 4.69) is 5.32 Å². The van der Waals surface area contributed by atoms with E-state index in [0.29, 0.717) is 11.1 Å². The number of aryl methyl sites for hydroxylation is 1. The summed E-state index contributed by atoms with van der Waals surface area (Å²) in [6.07, 6.45) is 0. The van der Waals surface area contributed by atoms with Crippen molar-refractivity contribution in [3.8, 4) is 0 Å². The van der Waals surface area contributed by atoms with E-state index in [4.69, 9.17) is 0 Å². The van der Waals surface area contributed by atoms with Crippen LogP contribution in [0, 0.1) is 6.92 Å². The second-order valence-corrected chi connectivity index (χ2v) is 7.58. The first-order valence-electron chi connectivity index (χ1n) is 8.77. The summed E-state index contributed by atoms with van der Waals surface area (Å²) in [5, 5.41) is 1.96. The number of hydrogen-bond donors (Lipinski definition) is 1. The van der Waals surface area contributed by atoms with E-state index >= 15 is 0 Å². The summed E-state index contributed by atoms with van der Waals surface area (Å²) in [6, 6.07) is 14.1. The molecular weight excluding hydrogens is 378 g/mol. The number of nitrogens with zero attached hydrogens (tertiary/aromatic N) is 2. The number of carbonyl (C=O) groups excluding carboxylic acids is 4. The van der Waals surface area contributed by atoms with Crippen LogP contribution in [-0.2, 0) is 4.79 Å². The SMILES string of the molecule is Cc1ccccc1N[C@@H]1SC(=O)N(CCN2C(=O)c3ccccc3C2=O)C1=O. The van der Waals surface area contributed by atoms with Crippen LogP contribution in [0.5, 0.6) is 0 Å². The van der Waals surface area contributed by atoms with Crippen molar-refractivity contribution < 1.29 is 19.2 Å². The van der Waals surface area contributed by atoms with E-state index in [1.54, 1.807) is 24.3 Å². The van der Waals surface area contributed by atoms with Gasteiger partial charge in [-0.2, -0.15) is 0 Å². The number of nitrogens with one attached hydrogen (secondary N) is 1. The molecule has 1 atom stereocenters. The highest BCUT2D eigenvalue weighted by molar-refractivity contribution is 8.15. The molecule has 1 fully saturated rings. The molecule has 0 spiro atoms. The average molecular weight is 395 g/mol. The molecule has 8 heteroatoms. The average Bonchev–Trinajstić information content (AvgIpc) is 3.09. The van der Waals surface area contributed by atoms with Gasteiger partial charge in [-0.05, 0) is 42.4 Å². The minimum atomic E-state index is -0.726. The number of amides is 4. The molecule has 0 unspecified atom stereocenters. The third-order valence-electron chi connectivity index (χ3n) is 4.79. The molecule has 4 amide bonds. The molecule has 0 saturated carbocycles. The number of imide groups is 2. The number of para-hydroxylation sites is 1. The molecule has 2 aromatic rings. The van der Waals surface area contributed by atoms with Crippen LogP contribution >= 0.6 is 11.8 Å². The Morgan fingerprint density at radius 3 is 2.07 bits per heavy atom. The smallest absolute Gasteiger partial charge is 0.290 e. The topological polar surface area (TPSA) is 86.8 Å². The van der Waals surface area contributed by atoms with E-state index in [1.165, 1.54) is 0 Å². The van der Waals surface area contributed by atoms with Crippen molar-refractivity contribution in [2.75, 3.05) is 18.4 Å². The Labute approximate surface area is 165 Å². The second kappa shape index (κ2) is 7.12. The van der Waals surface area contributed by atoms with E-state index in [9.17, 15) is 19.2 Å². The number of rotatable bonds is 5. The highest BCUT2D eigenvalue weighted by atomic mass is 32.2. The minimum Gasteiger partial charge on any atom is -0.365 e. The first kappa shape index (κ1) is 18.2. The van der Waals surface area contributed by atoms with Gasteiger partial charge in [-0.25, -0.2) is 0 Å². The van der Waals surface area contributed by atoms with Crippen molar-refractivity contribution in [2.45, 2.75) is 12.3 Å². The zero-order valence-corrected chi connectivity index (χ0v) is 15.9. The molecule has 142 valence electrons. The lowest BCUT2D eigenvalue weighted by atomic mass is 10.1. The van der Waals surface area contributed by atoms with Crippen LogP contribution in [0.25, 0.3) is 0 Å². The van der Waals surface area contributed by atoms with Gasteiger partial charge in [0.15, 0.2) is 5.37 Å². The summed E-state index contributed by atoms with van der Waals surface area (Å²) in [4.78, 5) is 52.0. The van der Waals surface area contributed by atoms with Crippen molar-refractivity contribution in [3.05, 3.63) is 65.2 Å². The first-order valence-corrected chi connectivity index (χ1v) is 9.64. The summed E-state index contributed by atoms with van der Waals surface area (Å²) in [7, 11) is 0. The Kier molecular flexibility index (Phi) is 4.64. The van der Waals surface area contributed by atoms with Crippen molar-refractivity contribution in [1.82, 2.24) is 9.80 Å². The molecule has 2 aliphatic heterocycles. The molecule has 7 nitrogen and oxygen atoms in total.